The van der Waals surface area contributed by atoms with Crippen molar-refractivity contribution < 1.29 is 0 Å². The largest absolute Gasteiger partial charge is 0.353 e. The van der Waals surface area contributed by atoms with E-state index in [2.05, 4.69) is 44.9 Å². The summed E-state index contributed by atoms with van der Waals surface area (Å²) >= 11 is 3.51. The molecule has 0 unspecified atom stereocenters. The second-order valence-corrected chi connectivity index (χ2v) is 4.95. The normalized spacial score (nSPS) is 16.1. The third-order valence-electron chi connectivity index (χ3n) is 3.03. The van der Waals surface area contributed by atoms with Crippen LogP contribution in [0.15, 0.2) is 18.3 Å². The molecule has 1 aliphatic rings. The van der Waals surface area contributed by atoms with Crippen LogP contribution in [0.25, 0.3) is 0 Å². The van der Waals surface area contributed by atoms with Crippen LogP contribution in [0.4, 0.5) is 5.82 Å². The van der Waals surface area contributed by atoms with Crippen LogP contribution >= 0.6 is 15.9 Å². The second kappa shape index (κ2) is 4.97. The lowest BCUT2D eigenvalue weighted by molar-refractivity contribution is 0.389. The van der Waals surface area contributed by atoms with Crippen LogP contribution in [-0.4, -0.2) is 22.9 Å². The number of alkyl halides is 1. The molecule has 3 heteroatoms. The Balaban J connectivity index is 2.12. The predicted octanol–water partition coefficient (Wildman–Crippen LogP) is 3.14. The van der Waals surface area contributed by atoms with E-state index in [0.29, 0.717) is 0 Å². The van der Waals surface area contributed by atoms with Gasteiger partial charge in [-0.15, -0.1) is 0 Å². The molecule has 1 fully saturated rings. The molecule has 1 heterocycles. The van der Waals surface area contributed by atoms with E-state index in [1.807, 2.05) is 6.20 Å². The molecule has 1 aromatic rings. The van der Waals surface area contributed by atoms with Crippen LogP contribution in [0, 0.1) is 6.92 Å². The third kappa shape index (κ3) is 2.51. The molecule has 0 atom stereocenters. The minimum atomic E-state index is 0.720. The molecule has 2 nitrogen and oxygen atoms in total. The maximum atomic E-state index is 4.51. The minimum absolute atomic E-state index is 0.720. The van der Waals surface area contributed by atoms with Crippen LogP contribution in [0.2, 0.25) is 0 Å². The minimum Gasteiger partial charge on any atom is -0.353 e. The lowest BCUT2D eigenvalue weighted by Gasteiger charge is -2.38. The molecule has 0 aromatic carbocycles. The molecule has 15 heavy (non-hydrogen) atoms. The number of aromatic nitrogens is 1. The molecule has 2 rings (SSSR count). The fraction of sp³-hybridized carbons (Fsp3) is 0.583. The number of anilines is 1. The smallest absolute Gasteiger partial charge is 0.128 e. The Morgan fingerprint density at radius 2 is 2.27 bits per heavy atom. The van der Waals surface area contributed by atoms with E-state index in [4.69, 9.17) is 0 Å². The van der Waals surface area contributed by atoms with Gasteiger partial charge in [-0.05, 0) is 37.8 Å². The second-order valence-electron chi connectivity index (χ2n) is 4.16. The van der Waals surface area contributed by atoms with Crippen molar-refractivity contribution in [3.8, 4) is 0 Å². The highest BCUT2D eigenvalue weighted by atomic mass is 79.9. The van der Waals surface area contributed by atoms with E-state index in [-0.39, 0.29) is 0 Å². The molecular weight excluding hydrogens is 252 g/mol. The molecular formula is C12H17BrN2. The SMILES string of the molecule is Cc1ccc(N(CCBr)C2CCC2)nc1. The van der Waals surface area contributed by atoms with Gasteiger partial charge in [0.1, 0.15) is 5.82 Å². The van der Waals surface area contributed by atoms with Crippen molar-refractivity contribution >= 4 is 21.7 Å². The molecule has 0 amide bonds. The standard InChI is InChI=1S/C12H17BrN2/c1-10-5-6-12(14-9-10)15(8-7-13)11-3-2-4-11/h5-6,9,11H,2-4,7-8H2,1H3. The number of rotatable bonds is 4. The van der Waals surface area contributed by atoms with E-state index < -0.39 is 0 Å². The first-order valence-corrected chi connectivity index (χ1v) is 6.68. The number of pyridine rings is 1. The highest BCUT2D eigenvalue weighted by Gasteiger charge is 2.25. The number of hydrogen-bond acceptors (Lipinski definition) is 2. The van der Waals surface area contributed by atoms with Gasteiger partial charge in [0.05, 0.1) is 0 Å². The van der Waals surface area contributed by atoms with E-state index in [9.17, 15) is 0 Å². The van der Waals surface area contributed by atoms with Crippen LogP contribution in [0.5, 0.6) is 0 Å². The van der Waals surface area contributed by atoms with Gasteiger partial charge >= 0.3 is 0 Å². The van der Waals surface area contributed by atoms with Crippen molar-refractivity contribution in [2.45, 2.75) is 32.2 Å². The van der Waals surface area contributed by atoms with Gasteiger partial charge in [0.2, 0.25) is 0 Å². The summed E-state index contributed by atoms with van der Waals surface area (Å²) in [6, 6.07) is 5.00. The first-order valence-electron chi connectivity index (χ1n) is 5.56. The number of halogens is 1. The molecule has 0 spiro atoms. The van der Waals surface area contributed by atoms with E-state index >= 15 is 0 Å². The Morgan fingerprint density at radius 3 is 2.73 bits per heavy atom. The molecule has 0 aliphatic heterocycles. The maximum absolute atomic E-state index is 4.51. The number of aryl methyl sites for hydroxylation is 1. The first kappa shape index (κ1) is 10.9. The summed E-state index contributed by atoms with van der Waals surface area (Å²) in [5.41, 5.74) is 1.23. The van der Waals surface area contributed by atoms with Gasteiger partial charge < -0.3 is 4.90 Å². The number of nitrogens with zero attached hydrogens (tertiary/aromatic N) is 2. The van der Waals surface area contributed by atoms with Crippen molar-refractivity contribution in [3.05, 3.63) is 23.9 Å². The van der Waals surface area contributed by atoms with Gasteiger partial charge in [0.25, 0.3) is 0 Å². The van der Waals surface area contributed by atoms with Crippen LogP contribution in [0.1, 0.15) is 24.8 Å². The monoisotopic (exact) mass is 268 g/mol. The van der Waals surface area contributed by atoms with Gasteiger partial charge in [-0.1, -0.05) is 22.0 Å². The molecule has 0 radical (unpaired) electrons. The summed E-state index contributed by atoms with van der Waals surface area (Å²) < 4.78 is 0. The Hall–Kier alpha value is -0.570. The van der Waals surface area contributed by atoms with Gasteiger partial charge in [-0.25, -0.2) is 4.98 Å². The summed E-state index contributed by atoms with van der Waals surface area (Å²) in [4.78, 5) is 6.93. The zero-order valence-electron chi connectivity index (χ0n) is 9.12. The van der Waals surface area contributed by atoms with Crippen LogP contribution in [-0.2, 0) is 0 Å². The molecule has 1 aromatic heterocycles. The van der Waals surface area contributed by atoms with Crippen molar-refractivity contribution in [1.29, 1.82) is 0 Å². The summed E-state index contributed by atoms with van der Waals surface area (Å²) in [5, 5.41) is 1.01. The number of hydrogen-bond donors (Lipinski definition) is 0. The Labute approximate surface area is 99.8 Å². The summed E-state index contributed by atoms with van der Waals surface area (Å²) in [6.07, 6.45) is 5.97. The average Bonchev–Trinajstić information content (AvgIpc) is 2.16. The quantitative estimate of drug-likeness (QED) is 0.781. The van der Waals surface area contributed by atoms with Gasteiger partial charge in [-0.3, -0.25) is 0 Å². The van der Waals surface area contributed by atoms with Crippen LogP contribution < -0.4 is 4.90 Å². The van der Waals surface area contributed by atoms with Crippen molar-refractivity contribution in [3.63, 3.8) is 0 Å². The Kier molecular flexibility index (Phi) is 3.62. The van der Waals surface area contributed by atoms with Gasteiger partial charge in [-0.2, -0.15) is 0 Å². The molecule has 0 N–H and O–H groups in total. The highest BCUT2D eigenvalue weighted by Crippen LogP contribution is 2.28. The fourth-order valence-corrected chi connectivity index (χ4v) is 2.29. The molecule has 1 aliphatic carbocycles. The topological polar surface area (TPSA) is 16.1 Å². The highest BCUT2D eigenvalue weighted by molar-refractivity contribution is 9.09. The van der Waals surface area contributed by atoms with Crippen molar-refractivity contribution in [2.24, 2.45) is 0 Å². The van der Waals surface area contributed by atoms with E-state index in [0.717, 1.165) is 23.7 Å². The first-order chi connectivity index (χ1) is 7.31. The molecule has 82 valence electrons. The maximum Gasteiger partial charge on any atom is 0.128 e. The molecule has 0 bridgehead atoms. The van der Waals surface area contributed by atoms with Crippen molar-refractivity contribution in [2.75, 3.05) is 16.8 Å². The average molecular weight is 269 g/mol. The molecule has 1 saturated carbocycles. The lowest BCUT2D eigenvalue weighted by Crippen LogP contribution is -2.41. The van der Waals surface area contributed by atoms with Crippen molar-refractivity contribution in [1.82, 2.24) is 4.98 Å². The lowest BCUT2D eigenvalue weighted by atomic mass is 9.91. The van der Waals surface area contributed by atoms with E-state index in [1.165, 1.54) is 24.8 Å². The Morgan fingerprint density at radius 1 is 1.47 bits per heavy atom. The van der Waals surface area contributed by atoms with Crippen LogP contribution in [0.3, 0.4) is 0 Å². The zero-order chi connectivity index (χ0) is 10.7. The fourth-order valence-electron chi connectivity index (χ4n) is 1.90. The zero-order valence-corrected chi connectivity index (χ0v) is 10.7. The summed E-state index contributed by atoms with van der Waals surface area (Å²) in [6.45, 7) is 3.13. The third-order valence-corrected chi connectivity index (χ3v) is 3.39. The summed E-state index contributed by atoms with van der Waals surface area (Å²) in [7, 11) is 0. The Bertz CT molecular complexity index is 306. The summed E-state index contributed by atoms with van der Waals surface area (Å²) in [5.74, 6) is 1.13. The van der Waals surface area contributed by atoms with Gasteiger partial charge in [0, 0.05) is 24.1 Å². The predicted molar refractivity (Wildman–Crippen MR) is 67.8 cm³/mol. The molecule has 0 saturated heterocycles. The van der Waals surface area contributed by atoms with E-state index in [1.54, 1.807) is 0 Å². The van der Waals surface area contributed by atoms with Gasteiger partial charge in [0.15, 0.2) is 0 Å².